The molecule has 0 aromatic heterocycles. The highest BCUT2D eigenvalue weighted by Gasteiger charge is 2.14. The molecule has 0 saturated heterocycles. The number of aliphatic carboxylic acids is 1. The number of rotatable bonds is 3. The van der Waals surface area contributed by atoms with Gasteiger partial charge in [0.15, 0.2) is 0 Å². The van der Waals surface area contributed by atoms with Gasteiger partial charge in [-0.25, -0.2) is 9.18 Å². The van der Waals surface area contributed by atoms with Gasteiger partial charge < -0.3 is 15.7 Å². The summed E-state index contributed by atoms with van der Waals surface area (Å²) in [5.41, 5.74) is -0.118. The summed E-state index contributed by atoms with van der Waals surface area (Å²) in [6.07, 6.45) is 0. The average molecular weight is 261 g/mol. The van der Waals surface area contributed by atoms with E-state index in [4.69, 9.17) is 16.7 Å². The third-order valence-corrected chi connectivity index (χ3v) is 2.13. The van der Waals surface area contributed by atoms with Gasteiger partial charge in [0, 0.05) is 5.02 Å². The summed E-state index contributed by atoms with van der Waals surface area (Å²) in [6, 6.07) is 1.76. The fourth-order valence-corrected chi connectivity index (χ4v) is 1.18. The van der Waals surface area contributed by atoms with Crippen LogP contribution in [0.15, 0.2) is 18.2 Å². The highest BCUT2D eigenvalue weighted by atomic mass is 35.5. The standard InChI is InChI=1S/C10H10ClFN2O3/c1-5(9(15)16)13-10(17)14-8-4-6(11)2-3-7(8)12/h2-5H,1H3,(H,15,16)(H2,13,14,17)/t5-/m0/s1. The molecule has 0 bridgehead atoms. The topological polar surface area (TPSA) is 78.4 Å². The maximum absolute atomic E-state index is 13.2. The number of nitrogens with one attached hydrogen (secondary N) is 2. The van der Waals surface area contributed by atoms with Gasteiger partial charge in [-0.15, -0.1) is 0 Å². The van der Waals surface area contributed by atoms with Gasteiger partial charge in [-0.05, 0) is 25.1 Å². The van der Waals surface area contributed by atoms with Gasteiger partial charge in [0.2, 0.25) is 0 Å². The molecule has 92 valence electrons. The van der Waals surface area contributed by atoms with Gasteiger partial charge >= 0.3 is 12.0 Å². The fraction of sp³-hybridized carbons (Fsp3) is 0.200. The molecule has 0 spiro atoms. The van der Waals surface area contributed by atoms with Crippen LogP contribution >= 0.6 is 11.6 Å². The third kappa shape index (κ3) is 3.92. The molecule has 0 radical (unpaired) electrons. The first kappa shape index (κ1) is 13.2. The molecule has 3 N–H and O–H groups in total. The Morgan fingerprint density at radius 2 is 2.12 bits per heavy atom. The molecule has 0 fully saturated rings. The third-order valence-electron chi connectivity index (χ3n) is 1.89. The lowest BCUT2D eigenvalue weighted by Crippen LogP contribution is -2.41. The zero-order valence-corrected chi connectivity index (χ0v) is 9.58. The normalized spacial score (nSPS) is 11.7. The first-order valence-electron chi connectivity index (χ1n) is 4.65. The molecule has 1 aromatic carbocycles. The van der Waals surface area contributed by atoms with E-state index in [-0.39, 0.29) is 10.7 Å². The zero-order valence-electron chi connectivity index (χ0n) is 8.83. The highest BCUT2D eigenvalue weighted by Crippen LogP contribution is 2.19. The van der Waals surface area contributed by atoms with Crippen molar-refractivity contribution >= 4 is 29.3 Å². The lowest BCUT2D eigenvalue weighted by Gasteiger charge is -2.11. The van der Waals surface area contributed by atoms with Crippen molar-refractivity contribution in [3.8, 4) is 0 Å². The molecule has 1 atom stereocenters. The van der Waals surface area contributed by atoms with Gasteiger partial charge in [-0.3, -0.25) is 4.79 Å². The smallest absolute Gasteiger partial charge is 0.325 e. The number of hydrogen-bond donors (Lipinski definition) is 3. The van der Waals surface area contributed by atoms with Crippen molar-refractivity contribution in [2.24, 2.45) is 0 Å². The molecule has 0 heterocycles. The molecular formula is C10H10ClFN2O3. The van der Waals surface area contributed by atoms with Crippen LogP contribution in [0.4, 0.5) is 14.9 Å². The zero-order chi connectivity index (χ0) is 13.0. The van der Waals surface area contributed by atoms with E-state index in [9.17, 15) is 14.0 Å². The van der Waals surface area contributed by atoms with Crippen molar-refractivity contribution in [1.29, 1.82) is 0 Å². The Kier molecular flexibility index (Phi) is 4.28. The fourth-order valence-electron chi connectivity index (χ4n) is 1.01. The molecule has 5 nitrogen and oxygen atoms in total. The average Bonchev–Trinajstić information content (AvgIpc) is 2.23. The van der Waals surface area contributed by atoms with E-state index in [1.54, 1.807) is 0 Å². The predicted molar refractivity (Wildman–Crippen MR) is 60.7 cm³/mol. The highest BCUT2D eigenvalue weighted by molar-refractivity contribution is 6.30. The number of carboxylic acid groups (broad SMARTS) is 1. The van der Waals surface area contributed by atoms with Crippen LogP contribution < -0.4 is 10.6 Å². The van der Waals surface area contributed by atoms with Gasteiger partial charge in [-0.2, -0.15) is 0 Å². The minimum absolute atomic E-state index is 0.118. The summed E-state index contributed by atoms with van der Waals surface area (Å²) in [5, 5.41) is 13.1. The number of hydrogen-bond acceptors (Lipinski definition) is 2. The van der Waals surface area contributed by atoms with Crippen LogP contribution in [0, 0.1) is 5.82 Å². The number of anilines is 1. The second kappa shape index (κ2) is 5.49. The Bertz CT molecular complexity index is 453. The van der Waals surface area contributed by atoms with Crippen LogP contribution in [0.25, 0.3) is 0 Å². The number of carboxylic acids is 1. The monoisotopic (exact) mass is 260 g/mol. The lowest BCUT2D eigenvalue weighted by molar-refractivity contribution is -0.138. The van der Waals surface area contributed by atoms with Crippen LogP contribution in [0.5, 0.6) is 0 Å². The van der Waals surface area contributed by atoms with E-state index >= 15 is 0 Å². The number of amides is 2. The SMILES string of the molecule is C[C@H](NC(=O)Nc1cc(Cl)ccc1F)C(=O)O. The van der Waals surface area contributed by atoms with E-state index in [2.05, 4.69) is 10.6 Å². The largest absolute Gasteiger partial charge is 0.480 e. The predicted octanol–water partition coefficient (Wildman–Crippen LogP) is 2.07. The summed E-state index contributed by atoms with van der Waals surface area (Å²) in [5.74, 6) is -1.85. The summed E-state index contributed by atoms with van der Waals surface area (Å²) >= 11 is 5.62. The van der Waals surface area contributed by atoms with Crippen molar-refractivity contribution in [3.63, 3.8) is 0 Å². The Balaban J connectivity index is 2.68. The number of urea groups is 1. The van der Waals surface area contributed by atoms with Crippen LogP contribution in [0.2, 0.25) is 5.02 Å². The van der Waals surface area contributed by atoms with Crippen LogP contribution in [-0.4, -0.2) is 23.1 Å². The molecule has 1 aromatic rings. The molecule has 0 saturated carbocycles. The first-order valence-corrected chi connectivity index (χ1v) is 5.03. The summed E-state index contributed by atoms with van der Waals surface area (Å²) < 4.78 is 13.2. The quantitative estimate of drug-likeness (QED) is 0.778. The molecule has 2 amide bonds. The number of halogens is 2. The van der Waals surface area contributed by atoms with Crippen LogP contribution in [-0.2, 0) is 4.79 Å². The molecular weight excluding hydrogens is 251 g/mol. The molecule has 0 unspecified atom stereocenters. The summed E-state index contributed by atoms with van der Waals surface area (Å²) in [6.45, 7) is 1.29. The molecule has 0 aliphatic heterocycles. The molecule has 7 heteroatoms. The van der Waals surface area contributed by atoms with Gasteiger partial charge in [0.1, 0.15) is 11.9 Å². The molecule has 0 aliphatic rings. The Hall–Kier alpha value is -1.82. The van der Waals surface area contributed by atoms with Gasteiger partial charge in [0.25, 0.3) is 0 Å². The first-order chi connectivity index (χ1) is 7.90. The van der Waals surface area contributed by atoms with Gasteiger partial charge in [0.05, 0.1) is 5.69 Å². The molecule has 1 rings (SSSR count). The van der Waals surface area contributed by atoms with Crippen molar-refractivity contribution in [1.82, 2.24) is 5.32 Å². The second-order valence-corrected chi connectivity index (χ2v) is 3.72. The van der Waals surface area contributed by atoms with Crippen molar-refractivity contribution in [2.45, 2.75) is 13.0 Å². The van der Waals surface area contributed by atoms with Crippen LogP contribution in [0.1, 0.15) is 6.92 Å². The molecule has 17 heavy (non-hydrogen) atoms. The second-order valence-electron chi connectivity index (χ2n) is 3.28. The maximum Gasteiger partial charge on any atom is 0.325 e. The molecule has 0 aliphatic carbocycles. The van der Waals surface area contributed by atoms with Crippen LogP contribution in [0.3, 0.4) is 0 Å². The minimum atomic E-state index is -1.19. The Labute approximate surface area is 102 Å². The Morgan fingerprint density at radius 3 is 2.71 bits per heavy atom. The van der Waals surface area contributed by atoms with E-state index in [1.165, 1.54) is 19.1 Å². The van der Waals surface area contributed by atoms with Gasteiger partial charge in [-0.1, -0.05) is 11.6 Å². The lowest BCUT2D eigenvalue weighted by atomic mass is 10.3. The van der Waals surface area contributed by atoms with Crippen molar-refractivity contribution in [3.05, 3.63) is 29.0 Å². The Morgan fingerprint density at radius 1 is 1.47 bits per heavy atom. The van der Waals surface area contributed by atoms with E-state index < -0.39 is 23.9 Å². The van der Waals surface area contributed by atoms with Crippen molar-refractivity contribution < 1.29 is 19.1 Å². The summed E-state index contributed by atoms with van der Waals surface area (Å²) in [7, 11) is 0. The number of carbonyl (C=O) groups is 2. The van der Waals surface area contributed by atoms with E-state index in [0.717, 1.165) is 6.07 Å². The van der Waals surface area contributed by atoms with E-state index in [1.807, 2.05) is 0 Å². The maximum atomic E-state index is 13.2. The number of benzene rings is 1. The van der Waals surface area contributed by atoms with Crippen molar-refractivity contribution in [2.75, 3.05) is 5.32 Å². The summed E-state index contributed by atoms with van der Waals surface area (Å²) in [4.78, 5) is 21.8. The minimum Gasteiger partial charge on any atom is -0.480 e. The van der Waals surface area contributed by atoms with E-state index in [0.29, 0.717) is 0 Å². The number of carbonyl (C=O) groups excluding carboxylic acids is 1.